The highest BCUT2D eigenvalue weighted by molar-refractivity contribution is 6.32. The zero-order valence-corrected chi connectivity index (χ0v) is 8.94. The molecule has 5 nitrogen and oxygen atoms in total. The van der Waals surface area contributed by atoms with Gasteiger partial charge in [-0.25, -0.2) is 0 Å². The standard InChI is InChI=1S/C10H8ClNO4/c11-9-5-7(1-2-10(9)12(14)15)16-8-3-6(13)4-8/h1-2,5,8H,3-4H2. The van der Waals surface area contributed by atoms with Crippen LogP contribution in [-0.2, 0) is 4.79 Å². The molecule has 0 spiro atoms. The number of hydrogen-bond acceptors (Lipinski definition) is 4. The molecule has 1 aliphatic carbocycles. The lowest BCUT2D eigenvalue weighted by molar-refractivity contribution is -0.384. The Labute approximate surface area is 96.1 Å². The Morgan fingerprint density at radius 1 is 1.44 bits per heavy atom. The molecular weight excluding hydrogens is 234 g/mol. The number of halogens is 1. The van der Waals surface area contributed by atoms with Crippen LogP contribution in [0.3, 0.4) is 0 Å². The van der Waals surface area contributed by atoms with Crippen molar-refractivity contribution in [3.63, 3.8) is 0 Å². The molecule has 0 saturated heterocycles. The smallest absolute Gasteiger partial charge is 0.288 e. The van der Waals surface area contributed by atoms with E-state index in [1.807, 2.05) is 0 Å². The van der Waals surface area contributed by atoms with Crippen molar-refractivity contribution in [2.24, 2.45) is 0 Å². The number of nitro benzene ring substituents is 1. The second-order valence-electron chi connectivity index (χ2n) is 3.56. The van der Waals surface area contributed by atoms with Gasteiger partial charge in [-0.05, 0) is 6.07 Å². The van der Waals surface area contributed by atoms with Crippen LogP contribution in [0.5, 0.6) is 5.75 Å². The van der Waals surface area contributed by atoms with E-state index in [4.69, 9.17) is 16.3 Å². The lowest BCUT2D eigenvalue weighted by Gasteiger charge is -2.25. The number of rotatable bonds is 3. The number of ketones is 1. The molecular formula is C10H8ClNO4. The zero-order valence-electron chi connectivity index (χ0n) is 8.18. The summed E-state index contributed by atoms with van der Waals surface area (Å²) < 4.78 is 5.41. The van der Waals surface area contributed by atoms with Crippen LogP contribution in [0, 0.1) is 10.1 Å². The van der Waals surface area contributed by atoms with E-state index in [-0.39, 0.29) is 22.6 Å². The van der Waals surface area contributed by atoms with Gasteiger partial charge in [-0.2, -0.15) is 0 Å². The summed E-state index contributed by atoms with van der Waals surface area (Å²) in [7, 11) is 0. The Bertz CT molecular complexity index is 452. The predicted molar refractivity (Wildman–Crippen MR) is 56.8 cm³/mol. The first-order chi connectivity index (χ1) is 7.56. The molecule has 1 aromatic rings. The zero-order chi connectivity index (χ0) is 11.7. The molecule has 0 unspecified atom stereocenters. The maximum atomic E-state index is 10.7. The summed E-state index contributed by atoms with van der Waals surface area (Å²) in [6.45, 7) is 0. The Hall–Kier alpha value is -1.62. The summed E-state index contributed by atoms with van der Waals surface area (Å²) in [6.07, 6.45) is 0.675. The summed E-state index contributed by atoms with van der Waals surface area (Å²) in [5.41, 5.74) is -0.154. The molecule has 1 saturated carbocycles. The van der Waals surface area contributed by atoms with Gasteiger partial charge in [0.2, 0.25) is 0 Å². The molecule has 0 atom stereocenters. The van der Waals surface area contributed by atoms with Gasteiger partial charge in [0.05, 0.1) is 4.92 Å². The number of carbonyl (C=O) groups is 1. The minimum absolute atomic E-state index is 0.0353. The maximum absolute atomic E-state index is 10.7. The van der Waals surface area contributed by atoms with E-state index in [9.17, 15) is 14.9 Å². The lowest BCUT2D eigenvalue weighted by Crippen LogP contribution is -2.33. The van der Waals surface area contributed by atoms with Gasteiger partial charge in [-0.3, -0.25) is 14.9 Å². The van der Waals surface area contributed by atoms with Gasteiger partial charge in [-0.15, -0.1) is 0 Å². The third kappa shape index (κ3) is 2.14. The highest BCUT2D eigenvalue weighted by Gasteiger charge is 2.28. The fourth-order valence-corrected chi connectivity index (χ4v) is 1.67. The Balaban J connectivity index is 2.09. The summed E-state index contributed by atoms with van der Waals surface area (Å²) in [5.74, 6) is 0.617. The summed E-state index contributed by atoms with van der Waals surface area (Å²) in [4.78, 5) is 20.7. The quantitative estimate of drug-likeness (QED) is 0.602. The first-order valence-corrected chi connectivity index (χ1v) is 5.06. The number of benzene rings is 1. The number of nitrogens with zero attached hydrogens (tertiary/aromatic N) is 1. The molecule has 0 radical (unpaired) electrons. The second-order valence-corrected chi connectivity index (χ2v) is 3.96. The van der Waals surface area contributed by atoms with Crippen LogP contribution in [0.15, 0.2) is 18.2 Å². The molecule has 84 valence electrons. The Morgan fingerprint density at radius 2 is 2.12 bits per heavy atom. The number of hydrogen-bond donors (Lipinski definition) is 0. The molecule has 16 heavy (non-hydrogen) atoms. The van der Waals surface area contributed by atoms with Crippen LogP contribution in [0.1, 0.15) is 12.8 Å². The van der Waals surface area contributed by atoms with Crippen molar-refractivity contribution < 1.29 is 14.5 Å². The van der Waals surface area contributed by atoms with Crippen LogP contribution in [0.2, 0.25) is 5.02 Å². The van der Waals surface area contributed by atoms with Gasteiger partial charge in [0.25, 0.3) is 5.69 Å². The molecule has 1 aromatic carbocycles. The normalized spacial score (nSPS) is 15.7. The molecule has 0 heterocycles. The fraction of sp³-hybridized carbons (Fsp3) is 0.300. The van der Waals surface area contributed by atoms with E-state index < -0.39 is 4.92 Å². The summed E-state index contributed by atoms with van der Waals surface area (Å²) in [6, 6.07) is 4.16. The Morgan fingerprint density at radius 3 is 2.62 bits per heavy atom. The molecule has 0 bridgehead atoms. The Kier molecular flexibility index (Phi) is 2.78. The minimum atomic E-state index is -0.557. The van der Waals surface area contributed by atoms with E-state index in [1.54, 1.807) is 0 Å². The third-order valence-corrected chi connectivity index (χ3v) is 2.63. The molecule has 0 amide bonds. The highest BCUT2D eigenvalue weighted by Crippen LogP contribution is 2.30. The molecule has 0 aromatic heterocycles. The van der Waals surface area contributed by atoms with Gasteiger partial charge in [0.1, 0.15) is 22.7 Å². The summed E-state index contributed by atoms with van der Waals surface area (Å²) >= 11 is 5.71. The first kappa shape index (κ1) is 10.9. The minimum Gasteiger partial charge on any atom is -0.489 e. The van der Waals surface area contributed by atoms with E-state index >= 15 is 0 Å². The number of nitro groups is 1. The molecule has 0 aliphatic heterocycles. The average Bonchev–Trinajstić information content (AvgIpc) is 2.15. The van der Waals surface area contributed by atoms with Crippen molar-refractivity contribution in [1.82, 2.24) is 0 Å². The molecule has 1 aliphatic rings. The molecule has 0 N–H and O–H groups in total. The van der Waals surface area contributed by atoms with Crippen LogP contribution in [0.4, 0.5) is 5.69 Å². The van der Waals surface area contributed by atoms with E-state index in [0.29, 0.717) is 18.6 Å². The van der Waals surface area contributed by atoms with Crippen LogP contribution in [-0.4, -0.2) is 16.8 Å². The monoisotopic (exact) mass is 241 g/mol. The van der Waals surface area contributed by atoms with Crippen LogP contribution < -0.4 is 4.74 Å². The SMILES string of the molecule is O=C1CC(Oc2ccc([N+](=O)[O-])c(Cl)c2)C1. The largest absolute Gasteiger partial charge is 0.489 e. The van der Waals surface area contributed by atoms with Crippen molar-refractivity contribution in [3.05, 3.63) is 33.3 Å². The van der Waals surface area contributed by atoms with Crippen LogP contribution >= 0.6 is 11.6 Å². The van der Waals surface area contributed by atoms with Crippen molar-refractivity contribution in [1.29, 1.82) is 0 Å². The fourth-order valence-electron chi connectivity index (χ4n) is 1.43. The van der Waals surface area contributed by atoms with E-state index in [0.717, 1.165) is 0 Å². The number of carbonyl (C=O) groups excluding carboxylic acids is 1. The van der Waals surface area contributed by atoms with Gasteiger partial charge in [0.15, 0.2) is 0 Å². The van der Waals surface area contributed by atoms with Gasteiger partial charge < -0.3 is 4.74 Å². The topological polar surface area (TPSA) is 69.4 Å². The lowest BCUT2D eigenvalue weighted by atomic mass is 9.94. The molecule has 2 rings (SSSR count). The second kappa shape index (κ2) is 4.09. The van der Waals surface area contributed by atoms with Crippen molar-refractivity contribution >= 4 is 23.1 Å². The first-order valence-electron chi connectivity index (χ1n) is 4.68. The molecule has 6 heteroatoms. The van der Waals surface area contributed by atoms with Crippen LogP contribution in [0.25, 0.3) is 0 Å². The maximum Gasteiger partial charge on any atom is 0.288 e. The van der Waals surface area contributed by atoms with E-state index in [2.05, 4.69) is 0 Å². The van der Waals surface area contributed by atoms with Crippen molar-refractivity contribution in [2.75, 3.05) is 0 Å². The predicted octanol–water partition coefficient (Wildman–Crippen LogP) is 2.36. The molecule has 1 fully saturated rings. The van der Waals surface area contributed by atoms with Crippen molar-refractivity contribution in [2.45, 2.75) is 18.9 Å². The number of Topliss-reactive ketones (excluding diaryl/α,β-unsaturated/α-hetero) is 1. The van der Waals surface area contributed by atoms with Gasteiger partial charge >= 0.3 is 0 Å². The summed E-state index contributed by atoms with van der Waals surface area (Å²) in [5, 5.41) is 10.5. The highest BCUT2D eigenvalue weighted by atomic mass is 35.5. The van der Waals surface area contributed by atoms with Gasteiger partial charge in [0, 0.05) is 25.0 Å². The number of ether oxygens (including phenoxy) is 1. The average molecular weight is 242 g/mol. The third-order valence-electron chi connectivity index (χ3n) is 2.33. The van der Waals surface area contributed by atoms with E-state index in [1.165, 1.54) is 18.2 Å². The van der Waals surface area contributed by atoms with Crippen molar-refractivity contribution in [3.8, 4) is 5.75 Å². The van der Waals surface area contributed by atoms with Gasteiger partial charge in [-0.1, -0.05) is 11.6 Å².